The third-order valence-electron chi connectivity index (χ3n) is 4.49. The molecule has 2 rings (SSSR count). The first-order valence-corrected chi connectivity index (χ1v) is 10.6. The third-order valence-corrected chi connectivity index (χ3v) is 5.11. The Morgan fingerprint density at radius 3 is 2.33 bits per heavy atom. The molecule has 0 aliphatic rings. The minimum atomic E-state index is -0.383. The van der Waals surface area contributed by atoms with Crippen LogP contribution in [0.3, 0.4) is 0 Å². The fourth-order valence-electron chi connectivity index (χ4n) is 2.66. The maximum absolute atomic E-state index is 11.9. The molecular weight excluding hydrogens is 448 g/mol. The molecule has 0 aliphatic carbocycles. The lowest BCUT2D eigenvalue weighted by Crippen LogP contribution is -2.36. The lowest BCUT2D eigenvalue weighted by atomic mass is 9.87. The number of halogens is 1. The molecular formula is C23H29BrN2O4. The standard InChI is InChI=1S/C23H29BrN2O4/c1-23(2,3)18-10-11-20(19(24)14-18)30-13-5-12-25-22(28)26-15-16-6-8-17(9-7-16)21(27)29-4/h6-11,14H,5,12-13,15H2,1-4H3,(H2,25,26,28). The van der Waals surface area contributed by atoms with Crippen molar-refractivity contribution in [3.63, 3.8) is 0 Å². The molecule has 0 radical (unpaired) electrons. The summed E-state index contributed by atoms with van der Waals surface area (Å²) in [4.78, 5) is 23.3. The molecule has 0 bridgehead atoms. The van der Waals surface area contributed by atoms with E-state index in [1.165, 1.54) is 12.7 Å². The second-order valence-electron chi connectivity index (χ2n) is 7.90. The molecule has 2 N–H and O–H groups in total. The number of carbonyl (C=O) groups is 2. The molecule has 2 aromatic rings. The van der Waals surface area contributed by atoms with Crippen LogP contribution < -0.4 is 15.4 Å². The van der Waals surface area contributed by atoms with Crippen molar-refractivity contribution in [2.75, 3.05) is 20.3 Å². The number of benzene rings is 2. The van der Waals surface area contributed by atoms with Crippen LogP contribution in [-0.4, -0.2) is 32.3 Å². The van der Waals surface area contributed by atoms with Crippen molar-refractivity contribution in [3.8, 4) is 5.75 Å². The zero-order valence-electron chi connectivity index (χ0n) is 17.9. The highest BCUT2D eigenvalue weighted by molar-refractivity contribution is 9.10. The quantitative estimate of drug-likeness (QED) is 0.423. The molecule has 0 saturated carbocycles. The van der Waals surface area contributed by atoms with Gasteiger partial charge in [-0.15, -0.1) is 0 Å². The number of ether oxygens (including phenoxy) is 2. The summed E-state index contributed by atoms with van der Waals surface area (Å²) in [5.41, 5.74) is 2.69. The number of urea groups is 1. The Labute approximate surface area is 186 Å². The largest absolute Gasteiger partial charge is 0.492 e. The summed E-state index contributed by atoms with van der Waals surface area (Å²) in [5, 5.41) is 5.59. The smallest absolute Gasteiger partial charge is 0.337 e. The van der Waals surface area contributed by atoms with Crippen LogP contribution in [0.15, 0.2) is 46.9 Å². The molecule has 7 heteroatoms. The summed E-state index contributed by atoms with van der Waals surface area (Å²) < 4.78 is 11.4. The highest BCUT2D eigenvalue weighted by atomic mass is 79.9. The number of amides is 2. The molecule has 30 heavy (non-hydrogen) atoms. The SMILES string of the molecule is COC(=O)c1ccc(CNC(=O)NCCCOc2ccc(C(C)(C)C)cc2Br)cc1. The Morgan fingerprint density at radius 2 is 1.73 bits per heavy atom. The van der Waals surface area contributed by atoms with Crippen LogP contribution in [0, 0.1) is 0 Å². The Morgan fingerprint density at radius 1 is 1.03 bits per heavy atom. The van der Waals surface area contributed by atoms with Gasteiger partial charge in [-0.3, -0.25) is 0 Å². The normalized spacial score (nSPS) is 11.0. The molecule has 0 unspecified atom stereocenters. The lowest BCUT2D eigenvalue weighted by Gasteiger charge is -2.20. The Hall–Kier alpha value is -2.54. The van der Waals surface area contributed by atoms with Crippen LogP contribution in [0.1, 0.15) is 48.7 Å². The second-order valence-corrected chi connectivity index (χ2v) is 8.75. The van der Waals surface area contributed by atoms with Gasteiger partial charge in [-0.25, -0.2) is 9.59 Å². The number of hydrogen-bond donors (Lipinski definition) is 2. The van der Waals surface area contributed by atoms with Crippen molar-refractivity contribution in [1.82, 2.24) is 10.6 Å². The third kappa shape index (κ3) is 7.37. The number of hydrogen-bond acceptors (Lipinski definition) is 4. The topological polar surface area (TPSA) is 76.7 Å². The van der Waals surface area contributed by atoms with Crippen LogP contribution in [0.25, 0.3) is 0 Å². The van der Waals surface area contributed by atoms with Gasteiger partial charge in [0.15, 0.2) is 0 Å². The summed E-state index contributed by atoms with van der Waals surface area (Å²) in [6.45, 7) is 7.89. The average Bonchev–Trinajstić information content (AvgIpc) is 2.72. The van der Waals surface area contributed by atoms with Crippen molar-refractivity contribution < 1.29 is 19.1 Å². The lowest BCUT2D eigenvalue weighted by molar-refractivity contribution is 0.0600. The van der Waals surface area contributed by atoms with Crippen LogP contribution in [0.2, 0.25) is 0 Å². The number of rotatable bonds is 8. The van der Waals surface area contributed by atoms with Gasteiger partial charge in [-0.05, 0) is 63.2 Å². The predicted molar refractivity (Wildman–Crippen MR) is 121 cm³/mol. The zero-order valence-corrected chi connectivity index (χ0v) is 19.5. The molecule has 0 aromatic heterocycles. The van der Waals surface area contributed by atoms with E-state index in [0.29, 0.717) is 31.7 Å². The highest BCUT2D eigenvalue weighted by Gasteiger charge is 2.15. The van der Waals surface area contributed by atoms with Gasteiger partial charge < -0.3 is 20.1 Å². The summed E-state index contributed by atoms with van der Waals surface area (Å²) >= 11 is 3.56. The van der Waals surface area contributed by atoms with Gasteiger partial charge in [-0.1, -0.05) is 39.0 Å². The maximum Gasteiger partial charge on any atom is 0.337 e. The molecule has 0 spiro atoms. The van der Waals surface area contributed by atoms with Crippen molar-refractivity contribution in [2.24, 2.45) is 0 Å². The monoisotopic (exact) mass is 476 g/mol. The fraction of sp³-hybridized carbons (Fsp3) is 0.391. The molecule has 162 valence electrons. The van der Waals surface area contributed by atoms with E-state index in [4.69, 9.17) is 4.74 Å². The molecule has 6 nitrogen and oxygen atoms in total. The molecule has 2 amide bonds. The molecule has 2 aromatic carbocycles. The van der Waals surface area contributed by atoms with E-state index in [-0.39, 0.29) is 17.4 Å². The molecule has 0 aliphatic heterocycles. The highest BCUT2D eigenvalue weighted by Crippen LogP contribution is 2.31. The molecule has 0 atom stereocenters. The van der Waals surface area contributed by atoms with Gasteiger partial charge in [0.1, 0.15) is 5.75 Å². The summed E-state index contributed by atoms with van der Waals surface area (Å²) in [7, 11) is 1.34. The van der Waals surface area contributed by atoms with E-state index in [1.54, 1.807) is 24.3 Å². The van der Waals surface area contributed by atoms with E-state index in [1.807, 2.05) is 6.07 Å². The van der Waals surface area contributed by atoms with Gasteiger partial charge in [0.2, 0.25) is 0 Å². The van der Waals surface area contributed by atoms with Gasteiger partial charge in [0.05, 0.1) is 23.8 Å². The molecule has 0 heterocycles. The summed E-state index contributed by atoms with van der Waals surface area (Å²) in [6.07, 6.45) is 0.689. The van der Waals surface area contributed by atoms with E-state index >= 15 is 0 Å². The minimum absolute atomic E-state index is 0.0850. The van der Waals surface area contributed by atoms with Gasteiger partial charge in [0, 0.05) is 13.1 Å². The Balaban J connectivity index is 1.66. The number of esters is 1. The van der Waals surface area contributed by atoms with Crippen molar-refractivity contribution in [2.45, 2.75) is 39.2 Å². The minimum Gasteiger partial charge on any atom is -0.492 e. The summed E-state index contributed by atoms with van der Waals surface area (Å²) in [5.74, 6) is 0.412. The number of nitrogens with one attached hydrogen (secondary N) is 2. The predicted octanol–water partition coefficient (Wildman–Crippen LogP) is 4.80. The molecule has 0 fully saturated rings. The van der Waals surface area contributed by atoms with E-state index in [2.05, 4.69) is 64.2 Å². The van der Waals surface area contributed by atoms with Gasteiger partial charge >= 0.3 is 12.0 Å². The summed E-state index contributed by atoms with van der Waals surface area (Å²) in [6, 6.07) is 12.8. The van der Waals surface area contributed by atoms with E-state index < -0.39 is 0 Å². The first-order chi connectivity index (χ1) is 14.2. The molecule has 0 saturated heterocycles. The number of carbonyl (C=O) groups excluding carboxylic acids is 2. The van der Waals surface area contributed by atoms with Crippen LogP contribution in [0.5, 0.6) is 5.75 Å². The first-order valence-electron chi connectivity index (χ1n) is 9.82. The fourth-order valence-corrected chi connectivity index (χ4v) is 3.16. The Bertz CT molecular complexity index is 860. The first kappa shape index (κ1) is 23.7. The number of methoxy groups -OCH3 is 1. The van der Waals surface area contributed by atoms with E-state index in [0.717, 1.165) is 15.8 Å². The van der Waals surface area contributed by atoms with Crippen LogP contribution in [0.4, 0.5) is 4.79 Å². The van der Waals surface area contributed by atoms with Crippen molar-refractivity contribution in [1.29, 1.82) is 0 Å². The van der Waals surface area contributed by atoms with Crippen molar-refractivity contribution in [3.05, 3.63) is 63.6 Å². The Kier molecular flexibility index (Phi) is 8.72. The zero-order chi connectivity index (χ0) is 22.1. The van der Waals surface area contributed by atoms with E-state index in [9.17, 15) is 9.59 Å². The van der Waals surface area contributed by atoms with Gasteiger partial charge in [0.25, 0.3) is 0 Å². The van der Waals surface area contributed by atoms with Gasteiger partial charge in [-0.2, -0.15) is 0 Å². The second kappa shape index (κ2) is 11.0. The van der Waals surface area contributed by atoms with Crippen LogP contribution >= 0.6 is 15.9 Å². The average molecular weight is 477 g/mol. The van der Waals surface area contributed by atoms with Crippen LogP contribution in [-0.2, 0) is 16.7 Å². The maximum atomic E-state index is 11.9. The van der Waals surface area contributed by atoms with Crippen molar-refractivity contribution >= 4 is 27.9 Å².